The lowest BCUT2D eigenvalue weighted by Gasteiger charge is -2.45. The third-order valence-corrected chi connectivity index (χ3v) is 7.91. The van der Waals surface area contributed by atoms with Gasteiger partial charge < -0.3 is 18.9 Å². The van der Waals surface area contributed by atoms with Crippen LogP contribution in [-0.4, -0.2) is 55.9 Å². The van der Waals surface area contributed by atoms with Gasteiger partial charge in [-0.3, -0.25) is 23.2 Å². The second kappa shape index (κ2) is 16.3. The fraction of sp³-hybridized carbons (Fsp3) is 0.742. The number of hydrogen-bond acceptors (Lipinski definition) is 10. The summed E-state index contributed by atoms with van der Waals surface area (Å²) in [6, 6.07) is 9.38. The van der Waals surface area contributed by atoms with Gasteiger partial charge in [-0.05, 0) is 66.9 Å². The standard InChI is InChI=1S/C31H51O10P/c1-10-12-19-36-42(34,37-20-13-11-2)41-27-26(35-21-23-17-15-14-16-18-23)25(40-29(33)31(7,8)9)24(22(3)38-27)39-28(32)30(4,5)6/h14-18,22,24-27H,10-13,19-21H2,1-9H3/t22-,24+,25+,26-,27+/m0/s1. The Labute approximate surface area is 251 Å². The molecule has 240 valence electrons. The van der Waals surface area contributed by atoms with Crippen molar-refractivity contribution in [1.29, 1.82) is 0 Å². The third kappa shape index (κ3) is 11.4. The molecule has 1 aliphatic heterocycles. The number of carbonyl (C=O) groups is 2. The zero-order valence-electron chi connectivity index (χ0n) is 26.8. The Morgan fingerprint density at radius 2 is 1.31 bits per heavy atom. The Morgan fingerprint density at radius 1 is 0.810 bits per heavy atom. The maximum absolute atomic E-state index is 13.8. The number of ether oxygens (including phenoxy) is 4. The molecule has 1 fully saturated rings. The number of benzene rings is 1. The fourth-order valence-electron chi connectivity index (χ4n) is 3.76. The average molecular weight is 615 g/mol. The first-order chi connectivity index (χ1) is 19.6. The lowest BCUT2D eigenvalue weighted by atomic mass is 9.94. The SMILES string of the molecule is CCCCOP(=O)(OCCCC)O[C@H]1O[C@@H](C)[C@@H](OC(=O)C(C)(C)C)[C@@H](OC(=O)C(C)(C)C)[C@@H]1OCc1ccccc1. The van der Waals surface area contributed by atoms with E-state index in [2.05, 4.69) is 0 Å². The summed E-state index contributed by atoms with van der Waals surface area (Å²) in [5.74, 6) is -1.04. The molecule has 1 saturated heterocycles. The fourth-order valence-corrected chi connectivity index (χ4v) is 5.09. The molecule has 0 amide bonds. The van der Waals surface area contributed by atoms with Crippen molar-refractivity contribution in [2.45, 2.75) is 125 Å². The highest BCUT2D eigenvalue weighted by Gasteiger charge is 2.53. The van der Waals surface area contributed by atoms with Crippen molar-refractivity contribution in [3.63, 3.8) is 0 Å². The van der Waals surface area contributed by atoms with Crippen molar-refractivity contribution in [2.24, 2.45) is 10.8 Å². The molecule has 0 spiro atoms. The van der Waals surface area contributed by atoms with Crippen molar-refractivity contribution >= 4 is 19.8 Å². The van der Waals surface area contributed by atoms with Crippen LogP contribution >= 0.6 is 7.82 Å². The van der Waals surface area contributed by atoms with Crippen LogP contribution in [0.1, 0.15) is 93.6 Å². The van der Waals surface area contributed by atoms with Gasteiger partial charge in [0.25, 0.3) is 0 Å². The normalized spacial score (nSPS) is 23.4. The highest BCUT2D eigenvalue weighted by molar-refractivity contribution is 7.48. The van der Waals surface area contributed by atoms with Gasteiger partial charge in [0.2, 0.25) is 0 Å². The summed E-state index contributed by atoms with van der Waals surface area (Å²) in [4.78, 5) is 26.2. The number of phosphoric ester groups is 1. The molecule has 10 nitrogen and oxygen atoms in total. The van der Waals surface area contributed by atoms with Crippen LogP contribution in [0.25, 0.3) is 0 Å². The van der Waals surface area contributed by atoms with Gasteiger partial charge in [-0.15, -0.1) is 0 Å². The van der Waals surface area contributed by atoms with Crippen molar-refractivity contribution < 1.29 is 46.7 Å². The summed E-state index contributed by atoms with van der Waals surface area (Å²) in [5.41, 5.74) is -0.870. The first-order valence-corrected chi connectivity index (χ1v) is 16.4. The molecule has 0 aliphatic carbocycles. The minimum Gasteiger partial charge on any atom is -0.455 e. The van der Waals surface area contributed by atoms with Crippen LogP contribution < -0.4 is 0 Å². The molecule has 0 aromatic heterocycles. The molecule has 1 heterocycles. The zero-order chi connectivity index (χ0) is 31.6. The number of phosphoric acid groups is 1. The van der Waals surface area contributed by atoms with Crippen molar-refractivity contribution in [3.05, 3.63) is 35.9 Å². The van der Waals surface area contributed by atoms with E-state index in [0.717, 1.165) is 18.4 Å². The van der Waals surface area contributed by atoms with E-state index < -0.39 is 61.3 Å². The van der Waals surface area contributed by atoms with E-state index in [-0.39, 0.29) is 19.8 Å². The second-order valence-electron chi connectivity index (χ2n) is 12.6. The number of unbranched alkanes of at least 4 members (excludes halogenated alkanes) is 2. The molecule has 42 heavy (non-hydrogen) atoms. The topological polar surface area (TPSA) is 116 Å². The molecule has 0 bridgehead atoms. The molecular formula is C31H51O10P. The molecule has 0 saturated carbocycles. The van der Waals surface area contributed by atoms with Gasteiger partial charge in [-0.2, -0.15) is 0 Å². The summed E-state index contributed by atoms with van der Waals surface area (Å²) < 4.78 is 55.5. The highest BCUT2D eigenvalue weighted by Crippen LogP contribution is 2.52. The van der Waals surface area contributed by atoms with E-state index in [4.69, 9.17) is 32.5 Å². The molecule has 2 rings (SSSR count). The Morgan fingerprint density at radius 3 is 1.79 bits per heavy atom. The molecule has 11 heteroatoms. The number of hydrogen-bond donors (Lipinski definition) is 0. The molecule has 1 aromatic rings. The maximum atomic E-state index is 13.8. The molecule has 0 unspecified atom stereocenters. The van der Waals surface area contributed by atoms with Crippen LogP contribution in [0, 0.1) is 10.8 Å². The van der Waals surface area contributed by atoms with Gasteiger partial charge >= 0.3 is 19.8 Å². The van der Waals surface area contributed by atoms with E-state index in [1.165, 1.54) is 0 Å². The first kappa shape index (κ1) is 36.4. The van der Waals surface area contributed by atoms with Gasteiger partial charge in [-0.25, -0.2) is 4.57 Å². The minimum atomic E-state index is -4.13. The Hall–Kier alpha value is -1.81. The van der Waals surface area contributed by atoms with Gasteiger partial charge in [0.05, 0.1) is 36.8 Å². The molecule has 0 radical (unpaired) electrons. The summed E-state index contributed by atoms with van der Waals surface area (Å²) >= 11 is 0. The van der Waals surface area contributed by atoms with Crippen molar-refractivity contribution in [2.75, 3.05) is 13.2 Å². The average Bonchev–Trinajstić information content (AvgIpc) is 2.90. The summed E-state index contributed by atoms with van der Waals surface area (Å²) in [5, 5.41) is 0. The predicted molar refractivity (Wildman–Crippen MR) is 158 cm³/mol. The summed E-state index contributed by atoms with van der Waals surface area (Å²) in [7, 11) is -4.13. The largest absolute Gasteiger partial charge is 0.477 e. The van der Waals surface area contributed by atoms with Gasteiger partial charge in [0.1, 0.15) is 6.10 Å². The Kier molecular flexibility index (Phi) is 14.1. The van der Waals surface area contributed by atoms with Crippen LogP contribution in [0.5, 0.6) is 0 Å². The Balaban J connectivity index is 2.52. The molecule has 0 N–H and O–H groups in total. The lowest BCUT2D eigenvalue weighted by molar-refractivity contribution is -0.294. The Bertz CT molecular complexity index is 1000. The predicted octanol–water partition coefficient (Wildman–Crippen LogP) is 6.99. The van der Waals surface area contributed by atoms with Crippen LogP contribution in [0.3, 0.4) is 0 Å². The summed E-state index contributed by atoms with van der Waals surface area (Å²) in [6.07, 6.45) is -2.56. The van der Waals surface area contributed by atoms with Gasteiger partial charge in [0, 0.05) is 0 Å². The first-order valence-electron chi connectivity index (χ1n) is 14.9. The monoisotopic (exact) mass is 614 g/mol. The van der Waals surface area contributed by atoms with Crippen LogP contribution in [0.4, 0.5) is 0 Å². The molecule has 1 aliphatic rings. The van der Waals surface area contributed by atoms with E-state index >= 15 is 0 Å². The third-order valence-electron chi connectivity index (χ3n) is 6.45. The molecule has 5 atom stereocenters. The van der Waals surface area contributed by atoms with Gasteiger partial charge in [0.15, 0.2) is 18.5 Å². The van der Waals surface area contributed by atoms with Crippen LogP contribution in [0.15, 0.2) is 30.3 Å². The minimum absolute atomic E-state index is 0.0876. The zero-order valence-corrected chi connectivity index (χ0v) is 27.6. The lowest BCUT2D eigenvalue weighted by Crippen LogP contribution is -2.61. The molecular weight excluding hydrogens is 563 g/mol. The van der Waals surface area contributed by atoms with Crippen LogP contribution in [0.2, 0.25) is 0 Å². The number of esters is 2. The molecule has 1 aromatic carbocycles. The van der Waals surface area contributed by atoms with Crippen molar-refractivity contribution in [1.82, 2.24) is 0 Å². The van der Waals surface area contributed by atoms with Crippen LogP contribution in [-0.2, 0) is 53.3 Å². The maximum Gasteiger partial charge on any atom is 0.477 e. The van der Waals surface area contributed by atoms with E-state index in [9.17, 15) is 14.2 Å². The number of carbonyl (C=O) groups excluding carboxylic acids is 2. The number of rotatable bonds is 15. The van der Waals surface area contributed by atoms with Crippen molar-refractivity contribution in [3.8, 4) is 0 Å². The summed E-state index contributed by atoms with van der Waals surface area (Å²) in [6.45, 7) is 16.4. The quantitative estimate of drug-likeness (QED) is 0.116. The van der Waals surface area contributed by atoms with E-state index in [1.54, 1.807) is 48.5 Å². The smallest absolute Gasteiger partial charge is 0.455 e. The van der Waals surface area contributed by atoms with E-state index in [0.29, 0.717) is 12.8 Å². The van der Waals surface area contributed by atoms with Gasteiger partial charge in [-0.1, -0.05) is 57.0 Å². The second-order valence-corrected chi connectivity index (χ2v) is 14.3. The highest BCUT2D eigenvalue weighted by atomic mass is 31.2. The van der Waals surface area contributed by atoms with E-state index in [1.807, 2.05) is 44.2 Å².